The molecular weight excluding hydrogens is 322 g/mol. The van der Waals surface area contributed by atoms with Crippen LogP contribution in [-0.4, -0.2) is 41.9 Å². The number of nitrogens with zero attached hydrogens (tertiary/aromatic N) is 2. The van der Waals surface area contributed by atoms with Gasteiger partial charge in [0.2, 0.25) is 0 Å². The van der Waals surface area contributed by atoms with E-state index in [0.717, 1.165) is 38.2 Å². The average Bonchev–Trinajstić information content (AvgIpc) is 2.68. The van der Waals surface area contributed by atoms with Crippen LogP contribution in [0.15, 0.2) is 54.6 Å². The number of anilines is 1. The summed E-state index contributed by atoms with van der Waals surface area (Å²) in [5, 5.41) is 0. The highest BCUT2D eigenvalue weighted by atomic mass is 16.2. The molecule has 2 aromatic carbocycles. The number of amides is 1. The molecule has 0 saturated heterocycles. The molecule has 1 atom stereocenters. The molecule has 0 aromatic heterocycles. The number of carbonyl (C=O) groups is 1. The number of nitrogen functional groups attached to an aromatic ring is 1. The topological polar surface area (TPSA) is 49.6 Å². The summed E-state index contributed by atoms with van der Waals surface area (Å²) in [5.74, 6) is 0.0564. The zero-order valence-electron chi connectivity index (χ0n) is 16.2. The number of carbonyl (C=O) groups excluding carboxylic acids is 1. The molecule has 0 aliphatic rings. The minimum Gasteiger partial charge on any atom is -0.399 e. The Morgan fingerprint density at radius 1 is 0.962 bits per heavy atom. The van der Waals surface area contributed by atoms with E-state index in [1.165, 1.54) is 0 Å². The first-order valence-corrected chi connectivity index (χ1v) is 9.50. The second kappa shape index (κ2) is 9.97. The lowest BCUT2D eigenvalue weighted by Crippen LogP contribution is -2.36. The Morgan fingerprint density at radius 3 is 2.15 bits per heavy atom. The van der Waals surface area contributed by atoms with Crippen LogP contribution in [0.25, 0.3) is 0 Å². The molecule has 140 valence electrons. The molecule has 4 heteroatoms. The smallest absolute Gasteiger partial charge is 0.254 e. The molecule has 1 unspecified atom stereocenters. The molecule has 0 aliphatic carbocycles. The lowest BCUT2D eigenvalue weighted by atomic mass is 10.0. The van der Waals surface area contributed by atoms with Gasteiger partial charge in [0.05, 0.1) is 6.04 Å². The summed E-state index contributed by atoms with van der Waals surface area (Å²) in [6.07, 6.45) is 0.958. The normalized spacial score (nSPS) is 12.2. The number of nitrogens with two attached hydrogens (primary N) is 1. The molecule has 0 aliphatic heterocycles. The summed E-state index contributed by atoms with van der Waals surface area (Å²) in [5.41, 5.74) is 8.28. The van der Waals surface area contributed by atoms with Gasteiger partial charge < -0.3 is 15.5 Å². The van der Waals surface area contributed by atoms with Crippen molar-refractivity contribution < 1.29 is 4.79 Å². The highest BCUT2D eigenvalue weighted by Crippen LogP contribution is 2.23. The molecule has 0 saturated carbocycles. The maximum atomic E-state index is 13.2. The number of rotatable bonds is 9. The van der Waals surface area contributed by atoms with Gasteiger partial charge in [-0.05, 0) is 62.8 Å². The van der Waals surface area contributed by atoms with Crippen LogP contribution in [0.5, 0.6) is 0 Å². The van der Waals surface area contributed by atoms with E-state index in [-0.39, 0.29) is 11.9 Å². The van der Waals surface area contributed by atoms with Crippen molar-refractivity contribution in [2.45, 2.75) is 33.2 Å². The number of hydrogen-bond donors (Lipinski definition) is 1. The van der Waals surface area contributed by atoms with Crippen LogP contribution in [0.4, 0.5) is 5.69 Å². The number of hydrogen-bond acceptors (Lipinski definition) is 3. The lowest BCUT2D eigenvalue weighted by Gasteiger charge is -2.31. The van der Waals surface area contributed by atoms with Crippen molar-refractivity contribution in [1.82, 2.24) is 9.80 Å². The summed E-state index contributed by atoms with van der Waals surface area (Å²) in [4.78, 5) is 17.5. The van der Waals surface area contributed by atoms with Gasteiger partial charge in [-0.2, -0.15) is 0 Å². The fourth-order valence-electron chi connectivity index (χ4n) is 3.18. The van der Waals surface area contributed by atoms with Crippen LogP contribution in [-0.2, 0) is 0 Å². The second-order valence-electron chi connectivity index (χ2n) is 6.59. The van der Waals surface area contributed by atoms with Crippen molar-refractivity contribution in [2.75, 3.05) is 31.9 Å². The Bertz CT molecular complexity index is 666. The number of benzene rings is 2. The van der Waals surface area contributed by atoms with E-state index >= 15 is 0 Å². The summed E-state index contributed by atoms with van der Waals surface area (Å²) in [6.45, 7) is 10.3. The van der Waals surface area contributed by atoms with Gasteiger partial charge in [0.1, 0.15) is 0 Å². The Labute approximate surface area is 157 Å². The summed E-state index contributed by atoms with van der Waals surface area (Å²) < 4.78 is 0. The first kappa shape index (κ1) is 20.0. The van der Waals surface area contributed by atoms with E-state index in [4.69, 9.17) is 5.73 Å². The minimum atomic E-state index is 0.0259. The van der Waals surface area contributed by atoms with Gasteiger partial charge in [-0.3, -0.25) is 4.79 Å². The molecule has 2 rings (SSSR count). The third-order valence-electron chi connectivity index (χ3n) is 4.94. The highest BCUT2D eigenvalue weighted by Gasteiger charge is 2.22. The van der Waals surface area contributed by atoms with Crippen LogP contribution in [0, 0.1) is 0 Å². The lowest BCUT2D eigenvalue weighted by molar-refractivity contribution is 0.0681. The van der Waals surface area contributed by atoms with Gasteiger partial charge >= 0.3 is 0 Å². The van der Waals surface area contributed by atoms with Crippen LogP contribution >= 0.6 is 0 Å². The molecule has 2 N–H and O–H groups in total. The third kappa shape index (κ3) is 5.33. The first-order valence-electron chi connectivity index (χ1n) is 9.50. The van der Waals surface area contributed by atoms with Crippen molar-refractivity contribution in [1.29, 1.82) is 0 Å². The maximum absolute atomic E-state index is 13.2. The van der Waals surface area contributed by atoms with E-state index in [2.05, 4.69) is 37.8 Å². The Kier molecular flexibility index (Phi) is 7.67. The second-order valence-corrected chi connectivity index (χ2v) is 6.59. The zero-order valence-corrected chi connectivity index (χ0v) is 16.2. The summed E-state index contributed by atoms with van der Waals surface area (Å²) in [6, 6.07) is 17.4. The van der Waals surface area contributed by atoms with Crippen molar-refractivity contribution in [3.63, 3.8) is 0 Å². The Morgan fingerprint density at radius 2 is 1.58 bits per heavy atom. The fraction of sp³-hybridized carbons (Fsp3) is 0.409. The molecule has 2 aromatic rings. The van der Waals surface area contributed by atoms with Crippen LogP contribution < -0.4 is 5.73 Å². The van der Waals surface area contributed by atoms with Crippen molar-refractivity contribution >= 4 is 11.6 Å². The van der Waals surface area contributed by atoms with E-state index in [1.54, 1.807) is 12.1 Å². The van der Waals surface area contributed by atoms with Crippen LogP contribution in [0.3, 0.4) is 0 Å². The quantitative estimate of drug-likeness (QED) is 0.687. The molecule has 0 radical (unpaired) electrons. The SMILES string of the molecule is CCN(CC)CCCN(C(=O)c1ccc(N)cc1)C(C)c1ccccc1. The summed E-state index contributed by atoms with van der Waals surface area (Å²) in [7, 11) is 0. The molecular formula is C22H31N3O. The van der Waals surface area contributed by atoms with Crippen molar-refractivity contribution in [3.05, 3.63) is 65.7 Å². The predicted octanol–water partition coefficient (Wildman–Crippen LogP) is 4.20. The van der Waals surface area contributed by atoms with Gasteiger partial charge in [-0.1, -0.05) is 44.2 Å². The predicted molar refractivity (Wildman–Crippen MR) is 109 cm³/mol. The minimum absolute atomic E-state index is 0.0259. The third-order valence-corrected chi connectivity index (χ3v) is 4.94. The standard InChI is InChI=1S/C22H31N3O/c1-4-24(5-2)16-9-17-25(18(3)19-10-7-6-8-11-19)22(26)20-12-14-21(23)15-13-20/h6-8,10-15,18H,4-5,9,16-17,23H2,1-3H3. The molecule has 0 bridgehead atoms. The van der Waals surface area contributed by atoms with E-state index < -0.39 is 0 Å². The van der Waals surface area contributed by atoms with Crippen LogP contribution in [0.2, 0.25) is 0 Å². The van der Waals surface area contributed by atoms with Gasteiger partial charge in [-0.15, -0.1) is 0 Å². The molecule has 26 heavy (non-hydrogen) atoms. The van der Waals surface area contributed by atoms with Crippen molar-refractivity contribution in [3.8, 4) is 0 Å². The molecule has 4 nitrogen and oxygen atoms in total. The zero-order chi connectivity index (χ0) is 18.9. The molecule has 0 spiro atoms. The van der Waals surface area contributed by atoms with Gasteiger partial charge in [0, 0.05) is 17.8 Å². The maximum Gasteiger partial charge on any atom is 0.254 e. The van der Waals surface area contributed by atoms with Gasteiger partial charge in [-0.25, -0.2) is 0 Å². The Balaban J connectivity index is 2.17. The molecule has 1 amide bonds. The van der Waals surface area contributed by atoms with Crippen molar-refractivity contribution in [2.24, 2.45) is 0 Å². The fourth-order valence-corrected chi connectivity index (χ4v) is 3.18. The largest absolute Gasteiger partial charge is 0.399 e. The Hall–Kier alpha value is -2.33. The molecule has 0 heterocycles. The van der Waals surface area contributed by atoms with E-state index in [9.17, 15) is 4.79 Å². The van der Waals surface area contributed by atoms with Crippen LogP contribution in [0.1, 0.15) is 49.2 Å². The van der Waals surface area contributed by atoms with Gasteiger partial charge in [0.15, 0.2) is 0 Å². The van der Waals surface area contributed by atoms with E-state index in [0.29, 0.717) is 11.3 Å². The van der Waals surface area contributed by atoms with Gasteiger partial charge in [0.25, 0.3) is 5.91 Å². The monoisotopic (exact) mass is 353 g/mol. The first-order chi connectivity index (χ1) is 12.6. The highest BCUT2D eigenvalue weighted by molar-refractivity contribution is 5.94. The van der Waals surface area contributed by atoms with E-state index in [1.807, 2.05) is 35.2 Å². The molecule has 0 fully saturated rings. The summed E-state index contributed by atoms with van der Waals surface area (Å²) >= 11 is 0. The average molecular weight is 354 g/mol.